The molecular weight excluding hydrogens is 602 g/mol. The number of alkyl halides is 2. The van der Waals surface area contributed by atoms with Crippen molar-refractivity contribution in [2.24, 2.45) is 21.3 Å². The molecule has 1 saturated heterocycles. The van der Waals surface area contributed by atoms with Crippen molar-refractivity contribution < 1.29 is 28.2 Å². The van der Waals surface area contributed by atoms with Crippen LogP contribution in [-0.4, -0.2) is 58.8 Å². The van der Waals surface area contributed by atoms with E-state index in [0.29, 0.717) is 5.75 Å². The summed E-state index contributed by atoms with van der Waals surface area (Å²) in [5.41, 5.74) is 9.58. The van der Waals surface area contributed by atoms with Gasteiger partial charge in [-0.3, -0.25) is 4.99 Å². The first-order valence-electron chi connectivity index (χ1n) is 16.1. The molecule has 8 nitrogen and oxygen atoms in total. The Morgan fingerprint density at radius 3 is 2.36 bits per heavy atom. The number of rotatable bonds is 9. The number of hydrogen-bond acceptors (Lipinski definition) is 6. The van der Waals surface area contributed by atoms with Crippen molar-refractivity contribution in [2.45, 2.75) is 60.0 Å². The Balaban J connectivity index is 1.18. The fourth-order valence-corrected chi connectivity index (χ4v) is 7.04. The average Bonchev–Trinajstić information content (AvgIpc) is 3.57. The van der Waals surface area contributed by atoms with E-state index < -0.39 is 12.6 Å². The quantitative estimate of drug-likeness (QED) is 0.247. The molecule has 3 aromatic rings. The lowest BCUT2D eigenvalue weighted by atomic mass is 9.69. The smallest absolute Gasteiger partial charge is 0.387 e. The summed E-state index contributed by atoms with van der Waals surface area (Å²) < 4.78 is 35.3. The number of benzene rings is 2. The van der Waals surface area contributed by atoms with Crippen molar-refractivity contribution in [3.63, 3.8) is 0 Å². The molecule has 0 saturated carbocycles. The van der Waals surface area contributed by atoms with Crippen LogP contribution in [0.15, 0.2) is 82.1 Å². The lowest BCUT2D eigenvalue weighted by Gasteiger charge is -2.42. The zero-order valence-corrected chi connectivity index (χ0v) is 27.1. The lowest BCUT2D eigenvalue weighted by molar-refractivity contribution is -0.139. The molecule has 4 heterocycles. The van der Waals surface area contributed by atoms with Gasteiger partial charge in [0.2, 0.25) is 0 Å². The summed E-state index contributed by atoms with van der Waals surface area (Å²) >= 11 is 0. The first-order valence-corrected chi connectivity index (χ1v) is 16.1. The first kappa shape index (κ1) is 32.2. The van der Waals surface area contributed by atoms with Gasteiger partial charge in [-0.25, -0.2) is 9.79 Å². The van der Waals surface area contributed by atoms with E-state index in [9.17, 15) is 13.6 Å². The molecule has 0 radical (unpaired) electrons. The van der Waals surface area contributed by atoms with E-state index in [-0.39, 0.29) is 23.7 Å². The van der Waals surface area contributed by atoms with Crippen molar-refractivity contribution >= 4 is 23.1 Å². The second-order valence-corrected chi connectivity index (χ2v) is 12.8. The number of piperidine rings is 1. The Morgan fingerprint density at radius 1 is 1.06 bits per heavy atom. The van der Waals surface area contributed by atoms with E-state index in [1.54, 1.807) is 24.3 Å². The van der Waals surface area contributed by atoms with Gasteiger partial charge in [-0.15, -0.1) is 0 Å². The minimum Gasteiger partial charge on any atom is -0.482 e. The van der Waals surface area contributed by atoms with Crippen molar-refractivity contribution in [1.29, 1.82) is 0 Å². The van der Waals surface area contributed by atoms with Gasteiger partial charge in [0.15, 0.2) is 6.61 Å². The largest absolute Gasteiger partial charge is 0.482 e. The first-order chi connectivity index (χ1) is 22.5. The minimum absolute atomic E-state index is 0.0907. The number of carboxylic acid groups (broad SMARTS) is 1. The third-order valence-electron chi connectivity index (χ3n) is 9.47. The number of carboxylic acids is 1. The van der Waals surface area contributed by atoms with Crippen LogP contribution in [0.1, 0.15) is 63.8 Å². The molecule has 0 bridgehead atoms. The number of ether oxygens (including phenoxy) is 2. The van der Waals surface area contributed by atoms with Crippen LogP contribution >= 0.6 is 0 Å². The SMILES string of the molecule is CCC1C(C2(C)CCN(C3=NC=C(C)Cc4[nH]c(-c5ccc(OCC(=O)O)cc5)cc43)CC2)=NC(C)=C1c1ccc(OC(F)F)cc1. The van der Waals surface area contributed by atoms with E-state index >= 15 is 0 Å². The number of nitrogens with one attached hydrogen (secondary N) is 1. The maximum atomic E-state index is 12.7. The molecule has 1 aromatic heterocycles. The number of aliphatic carboxylic acids is 1. The van der Waals surface area contributed by atoms with Crippen LogP contribution in [0, 0.1) is 11.3 Å². The predicted octanol–water partition coefficient (Wildman–Crippen LogP) is 7.97. The molecule has 47 heavy (non-hydrogen) atoms. The zero-order valence-electron chi connectivity index (χ0n) is 27.1. The number of H-pyrrole nitrogens is 1. The number of fused-ring (bicyclic) bond motifs is 1. The summed E-state index contributed by atoms with van der Waals surface area (Å²) in [7, 11) is 0. The number of aromatic nitrogens is 1. The van der Waals surface area contributed by atoms with Gasteiger partial charge in [-0.1, -0.05) is 26.0 Å². The normalized spacial score (nSPS) is 19.2. The Kier molecular flexibility index (Phi) is 9.03. The predicted molar refractivity (Wildman–Crippen MR) is 179 cm³/mol. The number of aliphatic imine (C=N–C) groups is 2. The molecule has 2 aromatic carbocycles. The fraction of sp³-hybridized carbons (Fsp3) is 0.378. The van der Waals surface area contributed by atoms with Gasteiger partial charge in [-0.05, 0) is 97.8 Å². The highest BCUT2D eigenvalue weighted by Gasteiger charge is 2.42. The van der Waals surface area contributed by atoms with Crippen LogP contribution in [-0.2, 0) is 11.2 Å². The van der Waals surface area contributed by atoms with Crippen LogP contribution in [0.5, 0.6) is 11.5 Å². The summed E-state index contributed by atoms with van der Waals surface area (Å²) in [5.74, 6) is 0.770. The van der Waals surface area contributed by atoms with E-state index in [1.165, 1.54) is 11.3 Å². The monoisotopic (exact) mass is 642 g/mol. The molecule has 0 spiro atoms. The van der Waals surface area contributed by atoms with Crippen LogP contribution in [0.2, 0.25) is 0 Å². The fourth-order valence-electron chi connectivity index (χ4n) is 7.04. The number of carbonyl (C=O) groups is 1. The van der Waals surface area contributed by atoms with Gasteiger partial charge in [0.05, 0.1) is 0 Å². The van der Waals surface area contributed by atoms with Gasteiger partial charge in [0.25, 0.3) is 0 Å². The molecule has 0 aliphatic carbocycles. The topological polar surface area (TPSA) is 99.5 Å². The van der Waals surface area contributed by atoms with E-state index in [0.717, 1.165) is 84.0 Å². The molecule has 2 N–H and O–H groups in total. The van der Waals surface area contributed by atoms with E-state index in [4.69, 9.17) is 19.8 Å². The molecule has 10 heteroatoms. The maximum Gasteiger partial charge on any atom is 0.387 e. The molecule has 0 amide bonds. The van der Waals surface area contributed by atoms with Gasteiger partial charge in [-0.2, -0.15) is 8.78 Å². The van der Waals surface area contributed by atoms with E-state index in [1.807, 2.05) is 37.4 Å². The average molecular weight is 643 g/mol. The van der Waals surface area contributed by atoms with Crippen molar-refractivity contribution in [2.75, 3.05) is 19.7 Å². The number of likely N-dealkylation sites (tertiary alicyclic amines) is 1. The highest BCUT2D eigenvalue weighted by Crippen LogP contribution is 2.46. The van der Waals surface area contributed by atoms with Crippen LogP contribution in [0.25, 0.3) is 16.8 Å². The summed E-state index contributed by atoms with van der Waals surface area (Å²) in [4.78, 5) is 27.0. The number of amidine groups is 1. The van der Waals surface area contributed by atoms with Crippen molar-refractivity contribution in [3.8, 4) is 22.8 Å². The van der Waals surface area contributed by atoms with Crippen molar-refractivity contribution in [3.05, 3.63) is 88.9 Å². The van der Waals surface area contributed by atoms with E-state index in [2.05, 4.69) is 41.5 Å². The van der Waals surface area contributed by atoms with Gasteiger partial charge >= 0.3 is 12.6 Å². The summed E-state index contributed by atoms with van der Waals surface area (Å²) in [6, 6.07) is 16.5. The lowest BCUT2D eigenvalue weighted by Crippen LogP contribution is -2.46. The highest BCUT2D eigenvalue weighted by atomic mass is 19.3. The van der Waals surface area contributed by atoms with Crippen LogP contribution < -0.4 is 9.47 Å². The Morgan fingerprint density at radius 2 is 1.72 bits per heavy atom. The Bertz CT molecular complexity index is 1760. The molecular formula is C37H40F2N4O4. The summed E-state index contributed by atoms with van der Waals surface area (Å²) in [6.45, 7) is 7.08. The number of aromatic amines is 1. The standard InChI is InChI=1S/C37H40F2N4O4/c1-5-28-33(25-8-12-27(13-9-25)47-36(38)39)23(3)41-34(28)37(4)14-16-43(17-15-37)35-29-19-30(42-31(29)18-22(2)20-40-35)24-6-10-26(11-7-24)46-21-32(44)45/h6-13,19-20,28,36,42H,5,14-18,21H2,1-4H3,(H,44,45). The zero-order chi connectivity index (χ0) is 33.3. The van der Waals surface area contributed by atoms with Crippen LogP contribution in [0.3, 0.4) is 0 Å². The van der Waals surface area contributed by atoms with Gasteiger partial charge in [0.1, 0.15) is 17.3 Å². The molecule has 3 aliphatic heterocycles. The number of allylic oxidation sites excluding steroid dienone is 3. The third kappa shape index (κ3) is 6.73. The second-order valence-electron chi connectivity index (χ2n) is 12.8. The van der Waals surface area contributed by atoms with Crippen molar-refractivity contribution in [1.82, 2.24) is 9.88 Å². The molecule has 6 rings (SSSR count). The Hall–Kier alpha value is -4.73. The highest BCUT2D eigenvalue weighted by molar-refractivity contribution is 6.06. The summed E-state index contributed by atoms with van der Waals surface area (Å²) in [6.07, 6.45) is 5.49. The number of nitrogens with zero attached hydrogens (tertiary/aromatic N) is 3. The van der Waals surface area contributed by atoms with Gasteiger partial charge < -0.3 is 24.5 Å². The molecule has 1 fully saturated rings. The maximum absolute atomic E-state index is 12.7. The molecule has 1 unspecified atom stereocenters. The minimum atomic E-state index is -2.85. The molecule has 1 atom stereocenters. The van der Waals surface area contributed by atoms with Crippen LogP contribution in [0.4, 0.5) is 8.78 Å². The molecule has 3 aliphatic rings. The molecule has 246 valence electrons. The summed E-state index contributed by atoms with van der Waals surface area (Å²) in [5, 5.41) is 8.90. The van der Waals surface area contributed by atoms with Gasteiger partial charge in [0, 0.05) is 65.4 Å². The second kappa shape index (κ2) is 13.2. The number of halogens is 2. The third-order valence-corrected chi connectivity index (χ3v) is 9.47. The Labute approximate surface area is 273 Å². The number of hydrogen-bond donors (Lipinski definition) is 2.